The molecule has 0 heterocycles. The molecule has 0 spiro atoms. The Balaban J connectivity index is 1.96. The molecule has 3 atom stereocenters. The lowest BCUT2D eigenvalue weighted by atomic mass is 9.64. The van der Waals surface area contributed by atoms with Crippen molar-refractivity contribution in [3.63, 3.8) is 0 Å². The summed E-state index contributed by atoms with van der Waals surface area (Å²) in [7, 11) is 0. The van der Waals surface area contributed by atoms with E-state index in [0.29, 0.717) is 12.8 Å². The summed E-state index contributed by atoms with van der Waals surface area (Å²) in [5, 5.41) is 2.62. The van der Waals surface area contributed by atoms with E-state index in [1.807, 2.05) is 20.8 Å². The maximum absolute atomic E-state index is 13.1. The van der Waals surface area contributed by atoms with Crippen LogP contribution in [0.5, 0.6) is 0 Å². The molecule has 136 valence electrons. The highest BCUT2D eigenvalue weighted by atomic mass is 79.9. The molecule has 1 amide bonds. The average molecular weight is 418 g/mol. The van der Waals surface area contributed by atoms with E-state index in [4.69, 9.17) is 0 Å². The van der Waals surface area contributed by atoms with E-state index in [9.17, 15) is 22.8 Å². The van der Waals surface area contributed by atoms with Crippen LogP contribution in [-0.2, 0) is 15.8 Å². The lowest BCUT2D eigenvalue weighted by Crippen LogP contribution is -2.48. The van der Waals surface area contributed by atoms with Crippen LogP contribution in [0.3, 0.4) is 0 Å². The van der Waals surface area contributed by atoms with Crippen LogP contribution in [0.25, 0.3) is 0 Å². The van der Waals surface area contributed by atoms with Gasteiger partial charge in [0.1, 0.15) is 0 Å². The number of amides is 1. The zero-order valence-electron chi connectivity index (χ0n) is 14.1. The van der Waals surface area contributed by atoms with E-state index in [1.165, 1.54) is 12.1 Å². The number of nitrogens with one attached hydrogen (secondary N) is 1. The fraction of sp³-hybridized carbons (Fsp3) is 0.556. The highest BCUT2D eigenvalue weighted by Gasteiger charge is 2.76. The summed E-state index contributed by atoms with van der Waals surface area (Å²) in [5.74, 6) is -0.420. The van der Waals surface area contributed by atoms with E-state index >= 15 is 0 Å². The summed E-state index contributed by atoms with van der Waals surface area (Å²) in [6.45, 7) is 5.66. The minimum Gasteiger partial charge on any atom is -0.326 e. The van der Waals surface area contributed by atoms with Crippen molar-refractivity contribution in [2.24, 2.45) is 16.2 Å². The van der Waals surface area contributed by atoms with Gasteiger partial charge >= 0.3 is 6.18 Å². The number of anilines is 1. The number of hydrogen-bond acceptors (Lipinski definition) is 2. The molecule has 1 aromatic carbocycles. The third kappa shape index (κ3) is 2.24. The molecule has 7 heteroatoms. The van der Waals surface area contributed by atoms with Gasteiger partial charge in [-0.2, -0.15) is 13.2 Å². The topological polar surface area (TPSA) is 46.2 Å². The van der Waals surface area contributed by atoms with Crippen molar-refractivity contribution in [3.8, 4) is 0 Å². The number of ketones is 1. The van der Waals surface area contributed by atoms with Crippen molar-refractivity contribution in [2.45, 2.75) is 44.6 Å². The van der Waals surface area contributed by atoms with Crippen LogP contribution >= 0.6 is 15.9 Å². The van der Waals surface area contributed by atoms with E-state index in [1.54, 1.807) is 0 Å². The number of carbonyl (C=O) groups excluding carboxylic acids is 2. The number of Topliss-reactive ketones (excluding diaryl/α,β-unsaturated/α-hetero) is 1. The first-order valence-corrected chi connectivity index (χ1v) is 8.96. The summed E-state index contributed by atoms with van der Waals surface area (Å²) < 4.78 is 38.6. The zero-order chi connectivity index (χ0) is 18.8. The smallest absolute Gasteiger partial charge is 0.326 e. The van der Waals surface area contributed by atoms with Crippen LogP contribution in [0, 0.1) is 16.2 Å². The standard InChI is InChI=1S/C18H19BrF3NO2/c1-15(2)16(3)7-8-17(15,12(19)13(16)24)14(25)23-11-6-4-5-10(9-11)18(20,21)22/h4-6,9,12H,7-8H2,1-3H3,(H,23,25)/t12-,16+,17+/m1/s1. The Morgan fingerprint density at radius 1 is 1.24 bits per heavy atom. The minimum atomic E-state index is -4.48. The van der Waals surface area contributed by atoms with Gasteiger partial charge in [-0.3, -0.25) is 9.59 Å². The molecule has 0 radical (unpaired) electrons. The number of halogens is 4. The van der Waals surface area contributed by atoms with Gasteiger partial charge in [0.15, 0.2) is 5.78 Å². The van der Waals surface area contributed by atoms with E-state index in [2.05, 4.69) is 21.2 Å². The second kappa shape index (κ2) is 5.32. The van der Waals surface area contributed by atoms with Crippen molar-refractivity contribution in [1.82, 2.24) is 0 Å². The van der Waals surface area contributed by atoms with Gasteiger partial charge in [0.05, 0.1) is 15.8 Å². The lowest BCUT2D eigenvalue weighted by molar-refractivity contribution is -0.137. The van der Waals surface area contributed by atoms with Crippen LogP contribution in [0.4, 0.5) is 18.9 Å². The molecule has 1 aromatic rings. The molecular weight excluding hydrogens is 399 g/mol. The molecule has 25 heavy (non-hydrogen) atoms. The predicted octanol–water partition coefficient (Wildman–Crippen LogP) is 4.80. The van der Waals surface area contributed by atoms with Crippen LogP contribution in [-0.4, -0.2) is 16.5 Å². The van der Waals surface area contributed by atoms with Crippen LogP contribution in [0.15, 0.2) is 24.3 Å². The fourth-order valence-corrected chi connectivity index (χ4v) is 5.99. The first kappa shape index (κ1) is 18.4. The maximum Gasteiger partial charge on any atom is 0.416 e. The van der Waals surface area contributed by atoms with Crippen molar-refractivity contribution in [2.75, 3.05) is 5.32 Å². The highest BCUT2D eigenvalue weighted by molar-refractivity contribution is 9.10. The summed E-state index contributed by atoms with van der Waals surface area (Å²) in [6, 6.07) is 4.54. The Bertz CT molecular complexity index is 761. The maximum atomic E-state index is 13.1. The second-order valence-electron chi connectivity index (χ2n) is 7.69. The predicted molar refractivity (Wildman–Crippen MR) is 91.4 cm³/mol. The third-order valence-corrected chi connectivity index (χ3v) is 7.77. The van der Waals surface area contributed by atoms with Crippen LogP contribution < -0.4 is 5.32 Å². The second-order valence-corrected chi connectivity index (χ2v) is 8.60. The molecule has 3 rings (SSSR count). The fourth-order valence-electron chi connectivity index (χ4n) is 4.47. The zero-order valence-corrected chi connectivity index (χ0v) is 15.7. The molecule has 2 bridgehead atoms. The molecule has 2 aliphatic carbocycles. The highest BCUT2D eigenvalue weighted by Crippen LogP contribution is 2.72. The van der Waals surface area contributed by atoms with Crippen LogP contribution in [0.1, 0.15) is 39.2 Å². The van der Waals surface area contributed by atoms with Gasteiger partial charge in [0.2, 0.25) is 5.91 Å². The largest absolute Gasteiger partial charge is 0.416 e. The van der Waals surface area contributed by atoms with Gasteiger partial charge < -0.3 is 5.32 Å². The molecule has 3 nitrogen and oxygen atoms in total. The SMILES string of the molecule is CC1(C)[C@@]2(C)CC[C@@]1(C(=O)Nc1cccc(C(F)(F)F)c1)[C@H](Br)C2=O. The molecule has 2 fully saturated rings. The van der Waals surface area contributed by atoms with Gasteiger partial charge in [-0.15, -0.1) is 0 Å². The quantitative estimate of drug-likeness (QED) is 0.702. The number of benzene rings is 1. The Labute approximate surface area is 152 Å². The third-order valence-electron chi connectivity index (χ3n) is 6.57. The molecule has 2 aliphatic rings. The van der Waals surface area contributed by atoms with Gasteiger partial charge in [-0.05, 0) is 36.5 Å². The Kier molecular flexibility index (Phi) is 3.92. The van der Waals surface area contributed by atoms with E-state index < -0.39 is 38.7 Å². The van der Waals surface area contributed by atoms with Crippen molar-refractivity contribution in [1.29, 1.82) is 0 Å². The Hall–Kier alpha value is -1.37. The molecule has 0 saturated heterocycles. The van der Waals surface area contributed by atoms with Crippen LogP contribution in [0.2, 0.25) is 0 Å². The molecular formula is C18H19BrF3NO2. The first-order chi connectivity index (χ1) is 11.4. The van der Waals surface area contributed by atoms with Crippen molar-refractivity contribution in [3.05, 3.63) is 29.8 Å². The van der Waals surface area contributed by atoms with Gasteiger partial charge in [0, 0.05) is 11.1 Å². The average Bonchev–Trinajstić information content (AvgIpc) is 2.79. The number of alkyl halides is 4. The van der Waals surface area contributed by atoms with Gasteiger partial charge in [0.25, 0.3) is 0 Å². The number of hydrogen-bond donors (Lipinski definition) is 1. The monoisotopic (exact) mass is 417 g/mol. The Morgan fingerprint density at radius 2 is 1.88 bits per heavy atom. The number of carbonyl (C=O) groups is 2. The molecule has 2 saturated carbocycles. The Morgan fingerprint density at radius 3 is 2.40 bits per heavy atom. The van der Waals surface area contributed by atoms with E-state index in [0.717, 1.165) is 12.1 Å². The van der Waals surface area contributed by atoms with Crippen molar-refractivity contribution >= 4 is 33.3 Å². The minimum absolute atomic E-state index is 0.0112. The summed E-state index contributed by atoms with van der Waals surface area (Å²) in [5.41, 5.74) is -2.94. The van der Waals surface area contributed by atoms with Gasteiger partial charge in [-0.1, -0.05) is 42.8 Å². The number of rotatable bonds is 2. The first-order valence-electron chi connectivity index (χ1n) is 8.05. The molecule has 0 unspecified atom stereocenters. The number of fused-ring (bicyclic) bond motifs is 2. The lowest BCUT2D eigenvalue weighted by Gasteiger charge is -2.39. The summed E-state index contributed by atoms with van der Waals surface area (Å²) >= 11 is 3.40. The molecule has 0 aliphatic heterocycles. The molecule has 1 N–H and O–H groups in total. The van der Waals surface area contributed by atoms with Gasteiger partial charge in [-0.25, -0.2) is 0 Å². The van der Waals surface area contributed by atoms with E-state index in [-0.39, 0.29) is 11.5 Å². The molecule has 0 aromatic heterocycles. The summed E-state index contributed by atoms with van der Waals surface area (Å²) in [6.07, 6.45) is -3.37. The summed E-state index contributed by atoms with van der Waals surface area (Å²) in [4.78, 5) is 25.1. The van der Waals surface area contributed by atoms with Crippen molar-refractivity contribution < 1.29 is 22.8 Å². The normalized spacial score (nSPS) is 33.6.